The van der Waals surface area contributed by atoms with E-state index in [0.717, 1.165) is 12.8 Å². The number of nitrogens with zero attached hydrogens (tertiary/aromatic N) is 1. The van der Waals surface area contributed by atoms with E-state index in [2.05, 4.69) is 21.2 Å². The molecule has 0 aromatic rings. The van der Waals surface area contributed by atoms with Crippen molar-refractivity contribution in [3.05, 3.63) is 0 Å². The van der Waals surface area contributed by atoms with Gasteiger partial charge in [-0.15, -0.1) is 0 Å². The molecule has 1 rings (SSSR count). The van der Waals surface area contributed by atoms with Crippen molar-refractivity contribution >= 4 is 27.7 Å². The molecule has 0 spiro atoms. The van der Waals surface area contributed by atoms with E-state index < -0.39 is 0 Å². The van der Waals surface area contributed by atoms with Crippen LogP contribution in [-0.4, -0.2) is 68.1 Å². The monoisotopic (exact) mass is 336 g/mol. The fourth-order valence-electron chi connectivity index (χ4n) is 1.89. The average molecular weight is 337 g/mol. The van der Waals surface area contributed by atoms with Gasteiger partial charge in [0.2, 0.25) is 11.8 Å². The van der Waals surface area contributed by atoms with Gasteiger partial charge < -0.3 is 19.7 Å². The molecule has 0 aromatic heterocycles. The van der Waals surface area contributed by atoms with Gasteiger partial charge in [0.1, 0.15) is 6.61 Å². The number of carbonyl (C=O) groups is 2. The van der Waals surface area contributed by atoms with Gasteiger partial charge in [-0.1, -0.05) is 15.9 Å². The molecular formula is C12H21BrN2O4. The van der Waals surface area contributed by atoms with Gasteiger partial charge in [-0.2, -0.15) is 0 Å². The Bertz CT molecular complexity index is 293. The van der Waals surface area contributed by atoms with Crippen LogP contribution in [0.3, 0.4) is 0 Å². The number of piperidine rings is 1. The van der Waals surface area contributed by atoms with Crippen LogP contribution in [-0.2, 0) is 19.1 Å². The van der Waals surface area contributed by atoms with E-state index in [1.807, 2.05) is 4.90 Å². The third kappa shape index (κ3) is 6.35. The van der Waals surface area contributed by atoms with Crippen LogP contribution in [0.1, 0.15) is 12.8 Å². The minimum Gasteiger partial charge on any atom is -0.383 e. The molecule has 1 heterocycles. The van der Waals surface area contributed by atoms with Crippen molar-refractivity contribution < 1.29 is 19.1 Å². The summed E-state index contributed by atoms with van der Waals surface area (Å²) < 4.78 is 10.4. The molecule has 6 nitrogen and oxygen atoms in total. The van der Waals surface area contributed by atoms with E-state index in [1.165, 1.54) is 0 Å². The van der Waals surface area contributed by atoms with Gasteiger partial charge in [0.15, 0.2) is 0 Å². The summed E-state index contributed by atoms with van der Waals surface area (Å²) in [6, 6.07) is 0. The van der Waals surface area contributed by atoms with E-state index >= 15 is 0 Å². The van der Waals surface area contributed by atoms with Crippen molar-refractivity contribution in [2.24, 2.45) is 0 Å². The van der Waals surface area contributed by atoms with Gasteiger partial charge in [-0.25, -0.2) is 0 Å². The Morgan fingerprint density at radius 2 is 2.05 bits per heavy atom. The second-order valence-corrected chi connectivity index (χ2v) is 4.93. The molecule has 7 heteroatoms. The molecular weight excluding hydrogens is 316 g/mol. The van der Waals surface area contributed by atoms with E-state index in [1.54, 1.807) is 7.11 Å². The molecule has 0 bridgehead atoms. The van der Waals surface area contributed by atoms with Gasteiger partial charge >= 0.3 is 0 Å². The number of hydrogen-bond acceptors (Lipinski definition) is 4. The van der Waals surface area contributed by atoms with Gasteiger partial charge in [-0.05, 0) is 12.8 Å². The Kier molecular flexibility index (Phi) is 8.00. The number of carbonyl (C=O) groups excluding carboxylic acids is 2. The highest BCUT2D eigenvalue weighted by atomic mass is 79.9. The number of halogens is 1. The van der Waals surface area contributed by atoms with Crippen LogP contribution in [0.4, 0.5) is 0 Å². The first-order valence-electron chi connectivity index (χ1n) is 6.38. The van der Waals surface area contributed by atoms with Crippen LogP contribution in [0, 0.1) is 0 Å². The second kappa shape index (κ2) is 9.28. The molecule has 0 unspecified atom stereocenters. The lowest BCUT2D eigenvalue weighted by Gasteiger charge is -2.31. The predicted octanol–water partition coefficient (Wildman–Crippen LogP) is 0.152. The van der Waals surface area contributed by atoms with Crippen molar-refractivity contribution in [3.63, 3.8) is 0 Å². The highest BCUT2D eigenvalue weighted by molar-refractivity contribution is 9.09. The van der Waals surface area contributed by atoms with Crippen LogP contribution >= 0.6 is 15.9 Å². The zero-order valence-corrected chi connectivity index (χ0v) is 12.8. The first-order valence-corrected chi connectivity index (χ1v) is 7.50. The largest absolute Gasteiger partial charge is 0.383 e. The number of rotatable bonds is 7. The average Bonchev–Trinajstić information content (AvgIpc) is 2.45. The van der Waals surface area contributed by atoms with Gasteiger partial charge in [0.05, 0.1) is 18.0 Å². The van der Waals surface area contributed by atoms with Crippen LogP contribution in [0.15, 0.2) is 0 Å². The minimum atomic E-state index is -0.129. The van der Waals surface area contributed by atoms with Gasteiger partial charge in [0.25, 0.3) is 0 Å². The molecule has 0 radical (unpaired) electrons. The molecule has 1 fully saturated rings. The van der Waals surface area contributed by atoms with Crippen molar-refractivity contribution in [1.29, 1.82) is 0 Å². The Labute approximate surface area is 121 Å². The SMILES string of the molecule is COCCNC(=O)COC1CCN(C(=O)CBr)CC1. The molecule has 19 heavy (non-hydrogen) atoms. The Hall–Kier alpha value is -0.660. The maximum absolute atomic E-state index is 11.4. The van der Waals surface area contributed by atoms with Gasteiger partial charge in [0, 0.05) is 26.7 Å². The molecule has 2 amide bonds. The topological polar surface area (TPSA) is 67.9 Å². The number of nitrogens with one attached hydrogen (secondary N) is 1. The number of alkyl halides is 1. The molecule has 1 aliphatic rings. The first-order chi connectivity index (χ1) is 9.17. The smallest absolute Gasteiger partial charge is 0.246 e. The fourth-order valence-corrected chi connectivity index (χ4v) is 2.25. The summed E-state index contributed by atoms with van der Waals surface area (Å²) in [6.07, 6.45) is 1.63. The van der Waals surface area contributed by atoms with E-state index in [9.17, 15) is 9.59 Å². The third-order valence-electron chi connectivity index (χ3n) is 2.99. The maximum atomic E-state index is 11.4. The molecule has 0 atom stereocenters. The van der Waals surface area contributed by atoms with E-state index in [0.29, 0.717) is 31.6 Å². The number of ether oxygens (including phenoxy) is 2. The lowest BCUT2D eigenvalue weighted by Crippen LogP contribution is -2.42. The number of amides is 2. The standard InChI is InChI=1S/C12H21BrN2O4/c1-18-7-4-14-11(16)9-19-10-2-5-15(6-3-10)12(17)8-13/h10H,2-9H2,1H3,(H,14,16). The summed E-state index contributed by atoms with van der Waals surface area (Å²) in [7, 11) is 1.59. The molecule has 110 valence electrons. The third-order valence-corrected chi connectivity index (χ3v) is 3.47. The summed E-state index contributed by atoms with van der Waals surface area (Å²) >= 11 is 3.16. The highest BCUT2D eigenvalue weighted by Crippen LogP contribution is 2.14. The van der Waals surface area contributed by atoms with E-state index in [4.69, 9.17) is 9.47 Å². The van der Waals surface area contributed by atoms with Crippen molar-refractivity contribution in [2.45, 2.75) is 18.9 Å². The molecule has 1 N–H and O–H groups in total. The Morgan fingerprint density at radius 3 is 2.63 bits per heavy atom. The lowest BCUT2D eigenvalue weighted by atomic mass is 10.1. The molecule has 0 aromatic carbocycles. The number of hydrogen-bond donors (Lipinski definition) is 1. The van der Waals surface area contributed by atoms with Crippen LogP contribution in [0.5, 0.6) is 0 Å². The summed E-state index contributed by atoms with van der Waals surface area (Å²) in [6.45, 7) is 2.46. The van der Waals surface area contributed by atoms with Gasteiger partial charge in [-0.3, -0.25) is 9.59 Å². The molecule has 1 saturated heterocycles. The molecule has 0 aliphatic carbocycles. The molecule has 1 aliphatic heterocycles. The van der Waals surface area contributed by atoms with E-state index in [-0.39, 0.29) is 24.5 Å². The Balaban J connectivity index is 2.12. The zero-order valence-electron chi connectivity index (χ0n) is 11.2. The van der Waals surface area contributed by atoms with Crippen molar-refractivity contribution in [3.8, 4) is 0 Å². The summed E-state index contributed by atoms with van der Waals surface area (Å²) in [5, 5.41) is 3.06. The quantitative estimate of drug-likeness (QED) is 0.531. The lowest BCUT2D eigenvalue weighted by molar-refractivity contribution is -0.134. The summed E-state index contributed by atoms with van der Waals surface area (Å²) in [5.41, 5.74) is 0. The molecule has 0 saturated carbocycles. The first kappa shape index (κ1) is 16.4. The predicted molar refractivity (Wildman–Crippen MR) is 74.2 cm³/mol. The summed E-state index contributed by atoms with van der Waals surface area (Å²) in [4.78, 5) is 24.7. The Morgan fingerprint density at radius 1 is 1.37 bits per heavy atom. The van der Waals surface area contributed by atoms with Crippen LogP contribution < -0.4 is 5.32 Å². The highest BCUT2D eigenvalue weighted by Gasteiger charge is 2.22. The summed E-state index contributed by atoms with van der Waals surface area (Å²) in [5.74, 6) is -0.0215. The number of likely N-dealkylation sites (tertiary alicyclic amines) is 1. The normalized spacial score (nSPS) is 16.4. The van der Waals surface area contributed by atoms with Crippen LogP contribution in [0.2, 0.25) is 0 Å². The second-order valence-electron chi connectivity index (χ2n) is 4.37. The van der Waals surface area contributed by atoms with Crippen molar-refractivity contribution in [1.82, 2.24) is 10.2 Å². The minimum absolute atomic E-state index is 0.0625. The maximum Gasteiger partial charge on any atom is 0.246 e. The van der Waals surface area contributed by atoms with Crippen LogP contribution in [0.25, 0.3) is 0 Å². The van der Waals surface area contributed by atoms with Crippen molar-refractivity contribution in [2.75, 3.05) is 45.3 Å². The fraction of sp³-hybridized carbons (Fsp3) is 0.833. The zero-order chi connectivity index (χ0) is 14.1. The number of methoxy groups -OCH3 is 1.